The predicted molar refractivity (Wildman–Crippen MR) is 78.1 cm³/mol. The van der Waals surface area contributed by atoms with Crippen molar-refractivity contribution in [2.75, 3.05) is 5.73 Å². The Morgan fingerprint density at radius 3 is 2.63 bits per heavy atom. The molecule has 2 aromatic heterocycles. The molecule has 4 heteroatoms. The molecule has 0 saturated heterocycles. The molecule has 0 radical (unpaired) electrons. The zero-order valence-corrected chi connectivity index (χ0v) is 12.0. The maximum atomic E-state index is 6.06. The molecule has 102 valence electrons. The van der Waals surface area contributed by atoms with Crippen LogP contribution < -0.4 is 5.73 Å². The first-order valence-corrected chi connectivity index (χ1v) is 7.17. The van der Waals surface area contributed by atoms with Crippen LogP contribution in [-0.4, -0.2) is 14.5 Å². The van der Waals surface area contributed by atoms with E-state index in [1.54, 1.807) is 0 Å². The van der Waals surface area contributed by atoms with Crippen LogP contribution in [0.25, 0.3) is 11.0 Å². The Morgan fingerprint density at radius 1 is 1.21 bits per heavy atom. The van der Waals surface area contributed by atoms with Gasteiger partial charge in [0.05, 0.1) is 5.39 Å². The summed E-state index contributed by atoms with van der Waals surface area (Å²) in [6.45, 7) is 7.22. The second kappa shape index (κ2) is 4.51. The fraction of sp³-hybridized carbons (Fsp3) is 0.600. The van der Waals surface area contributed by atoms with E-state index in [1.165, 1.54) is 36.9 Å². The van der Waals surface area contributed by atoms with E-state index in [4.69, 9.17) is 5.73 Å². The summed E-state index contributed by atoms with van der Waals surface area (Å²) < 4.78 is 2.32. The van der Waals surface area contributed by atoms with Gasteiger partial charge in [-0.25, -0.2) is 9.97 Å². The molecule has 0 bridgehead atoms. The van der Waals surface area contributed by atoms with Gasteiger partial charge in [0.25, 0.3) is 0 Å². The molecule has 0 spiro atoms. The zero-order valence-electron chi connectivity index (χ0n) is 12.0. The number of nitrogen functional groups attached to an aromatic ring is 1. The van der Waals surface area contributed by atoms with E-state index in [9.17, 15) is 0 Å². The van der Waals surface area contributed by atoms with Crippen LogP contribution in [0.2, 0.25) is 0 Å². The number of hydrogen-bond acceptors (Lipinski definition) is 3. The van der Waals surface area contributed by atoms with Crippen LogP contribution in [0.15, 0.2) is 0 Å². The molecule has 19 heavy (non-hydrogen) atoms. The minimum absolute atomic E-state index is 0.615. The Bertz CT molecular complexity index is 623. The van der Waals surface area contributed by atoms with Crippen molar-refractivity contribution in [3.63, 3.8) is 0 Å². The minimum Gasteiger partial charge on any atom is -0.383 e. The molecule has 1 aliphatic rings. The molecule has 2 N–H and O–H groups in total. The number of nitrogens with zero attached hydrogens (tertiary/aromatic N) is 3. The normalized spacial score (nSPS) is 15.3. The van der Waals surface area contributed by atoms with Crippen molar-refractivity contribution in [1.82, 2.24) is 14.5 Å². The van der Waals surface area contributed by atoms with Gasteiger partial charge in [-0.1, -0.05) is 12.8 Å². The number of aromatic nitrogens is 3. The van der Waals surface area contributed by atoms with E-state index in [-0.39, 0.29) is 0 Å². The Kier molecular flexibility index (Phi) is 2.96. The average Bonchev–Trinajstić information content (AvgIpc) is 3.12. The van der Waals surface area contributed by atoms with E-state index in [0.717, 1.165) is 29.3 Å². The zero-order chi connectivity index (χ0) is 13.6. The summed E-state index contributed by atoms with van der Waals surface area (Å²) in [6, 6.07) is 0. The Balaban J connectivity index is 1.98. The summed E-state index contributed by atoms with van der Waals surface area (Å²) in [5, 5.41) is 1.04. The van der Waals surface area contributed by atoms with E-state index in [0.29, 0.717) is 5.82 Å². The van der Waals surface area contributed by atoms with Gasteiger partial charge in [0.15, 0.2) is 0 Å². The first-order valence-electron chi connectivity index (χ1n) is 7.17. The van der Waals surface area contributed by atoms with Gasteiger partial charge in [-0.05, 0) is 45.1 Å². The van der Waals surface area contributed by atoms with Gasteiger partial charge >= 0.3 is 0 Å². The van der Waals surface area contributed by atoms with Crippen LogP contribution in [0.1, 0.15) is 42.8 Å². The third-order valence-electron chi connectivity index (χ3n) is 4.30. The summed E-state index contributed by atoms with van der Waals surface area (Å²) in [6.07, 6.45) is 5.44. The first-order chi connectivity index (χ1) is 9.08. The van der Waals surface area contributed by atoms with E-state index < -0.39 is 0 Å². The molecule has 1 saturated carbocycles. The number of anilines is 1. The van der Waals surface area contributed by atoms with Gasteiger partial charge in [0.1, 0.15) is 17.3 Å². The molecule has 0 unspecified atom stereocenters. The second-order valence-electron chi connectivity index (χ2n) is 5.80. The van der Waals surface area contributed by atoms with E-state index in [1.807, 2.05) is 6.92 Å². The second-order valence-corrected chi connectivity index (χ2v) is 5.80. The van der Waals surface area contributed by atoms with Gasteiger partial charge in [-0.15, -0.1) is 0 Å². The molecule has 1 aliphatic carbocycles. The topological polar surface area (TPSA) is 56.7 Å². The molecule has 2 heterocycles. The number of hydrogen-bond donors (Lipinski definition) is 1. The van der Waals surface area contributed by atoms with Gasteiger partial charge in [-0.2, -0.15) is 0 Å². The molecule has 0 aromatic carbocycles. The van der Waals surface area contributed by atoms with E-state index in [2.05, 4.69) is 28.4 Å². The highest BCUT2D eigenvalue weighted by Gasteiger charge is 2.21. The molecular formula is C15H22N4. The average molecular weight is 258 g/mol. The maximum Gasteiger partial charge on any atom is 0.146 e. The van der Waals surface area contributed by atoms with Gasteiger partial charge < -0.3 is 10.3 Å². The molecule has 3 rings (SSSR count). The number of rotatable bonds is 4. The van der Waals surface area contributed by atoms with Gasteiger partial charge in [0.2, 0.25) is 0 Å². The van der Waals surface area contributed by atoms with Gasteiger partial charge in [0, 0.05) is 12.2 Å². The first kappa shape index (κ1) is 12.5. The van der Waals surface area contributed by atoms with Crippen molar-refractivity contribution in [2.45, 2.75) is 53.0 Å². The molecule has 0 amide bonds. The van der Waals surface area contributed by atoms with Crippen molar-refractivity contribution >= 4 is 16.9 Å². The smallest absolute Gasteiger partial charge is 0.146 e. The lowest BCUT2D eigenvalue weighted by molar-refractivity contribution is 0.577. The van der Waals surface area contributed by atoms with Crippen molar-refractivity contribution in [2.24, 2.45) is 5.92 Å². The third kappa shape index (κ3) is 2.20. The fourth-order valence-corrected chi connectivity index (χ4v) is 2.89. The summed E-state index contributed by atoms with van der Waals surface area (Å²) in [5.74, 6) is 2.36. The summed E-state index contributed by atoms with van der Waals surface area (Å²) in [5.41, 5.74) is 9.57. The summed E-state index contributed by atoms with van der Waals surface area (Å²) in [4.78, 5) is 8.89. The van der Waals surface area contributed by atoms with Crippen molar-refractivity contribution in [1.29, 1.82) is 0 Å². The summed E-state index contributed by atoms with van der Waals surface area (Å²) in [7, 11) is 0. The maximum absolute atomic E-state index is 6.06. The highest BCUT2D eigenvalue weighted by atomic mass is 15.1. The molecule has 1 fully saturated rings. The summed E-state index contributed by atoms with van der Waals surface area (Å²) >= 11 is 0. The molecule has 0 atom stereocenters. The SMILES string of the molecule is Cc1nc(N)c2c(C)c(C)n(CCCC3CC3)c2n1. The lowest BCUT2D eigenvalue weighted by Crippen LogP contribution is -2.04. The molecule has 2 aromatic rings. The Labute approximate surface area is 114 Å². The van der Waals surface area contributed by atoms with Gasteiger partial charge in [-0.3, -0.25) is 0 Å². The number of fused-ring (bicyclic) bond motifs is 1. The molecule has 4 nitrogen and oxygen atoms in total. The quantitative estimate of drug-likeness (QED) is 0.916. The van der Waals surface area contributed by atoms with Crippen LogP contribution >= 0.6 is 0 Å². The largest absolute Gasteiger partial charge is 0.383 e. The third-order valence-corrected chi connectivity index (χ3v) is 4.30. The fourth-order valence-electron chi connectivity index (χ4n) is 2.89. The number of aryl methyl sites for hydroxylation is 3. The standard InChI is InChI=1S/C15H22N4/c1-9-10(2)19(8-4-5-12-6-7-12)15-13(9)14(16)17-11(3)18-15/h12H,4-8H2,1-3H3,(H2,16,17,18). The highest BCUT2D eigenvalue weighted by Crippen LogP contribution is 2.34. The predicted octanol–water partition coefficient (Wildman–Crippen LogP) is 3.13. The lowest BCUT2D eigenvalue weighted by Gasteiger charge is -2.08. The van der Waals surface area contributed by atoms with Crippen LogP contribution in [0.4, 0.5) is 5.82 Å². The lowest BCUT2D eigenvalue weighted by atomic mass is 10.2. The van der Waals surface area contributed by atoms with E-state index >= 15 is 0 Å². The van der Waals surface area contributed by atoms with Crippen molar-refractivity contribution in [3.05, 3.63) is 17.1 Å². The highest BCUT2D eigenvalue weighted by molar-refractivity contribution is 5.91. The minimum atomic E-state index is 0.615. The van der Waals surface area contributed by atoms with Crippen molar-refractivity contribution < 1.29 is 0 Å². The van der Waals surface area contributed by atoms with Crippen LogP contribution in [0.5, 0.6) is 0 Å². The van der Waals surface area contributed by atoms with Crippen LogP contribution in [0.3, 0.4) is 0 Å². The number of nitrogens with two attached hydrogens (primary N) is 1. The van der Waals surface area contributed by atoms with Crippen LogP contribution in [0, 0.1) is 26.7 Å². The Morgan fingerprint density at radius 2 is 1.95 bits per heavy atom. The monoisotopic (exact) mass is 258 g/mol. The molecular weight excluding hydrogens is 236 g/mol. The van der Waals surface area contributed by atoms with Crippen LogP contribution in [-0.2, 0) is 6.54 Å². The molecule has 0 aliphatic heterocycles. The van der Waals surface area contributed by atoms with Crippen molar-refractivity contribution in [3.8, 4) is 0 Å². The Hall–Kier alpha value is -1.58.